The van der Waals surface area contributed by atoms with Crippen molar-refractivity contribution in [1.29, 1.82) is 0 Å². The number of allylic oxidation sites excluding steroid dienone is 5. The summed E-state index contributed by atoms with van der Waals surface area (Å²) in [4.78, 5) is 11.2. The van der Waals surface area contributed by atoms with Crippen molar-refractivity contribution in [2.24, 2.45) is 0 Å². The lowest BCUT2D eigenvalue weighted by atomic mass is 10.1. The minimum atomic E-state index is 0.620. The van der Waals surface area contributed by atoms with Gasteiger partial charge in [-0.25, -0.2) is 0 Å². The van der Waals surface area contributed by atoms with Gasteiger partial charge in [0.2, 0.25) is 0 Å². The van der Waals surface area contributed by atoms with Crippen LogP contribution in [0.25, 0.3) is 0 Å². The Bertz CT molecular complexity index is 561. The summed E-state index contributed by atoms with van der Waals surface area (Å²) < 4.78 is 5.63. The quantitative estimate of drug-likeness (QED) is 0.222. The van der Waals surface area contributed by atoms with Gasteiger partial charge in [0, 0.05) is 0 Å². The van der Waals surface area contributed by atoms with Crippen LogP contribution in [0.15, 0.2) is 65.3 Å². The van der Waals surface area contributed by atoms with Crippen molar-refractivity contribution in [2.45, 2.75) is 53.1 Å². The first-order chi connectivity index (χ1) is 11.6. The molecule has 0 bridgehead atoms. The molecule has 130 valence electrons. The number of rotatable bonds is 11. The Kier molecular flexibility index (Phi) is 10.5. The van der Waals surface area contributed by atoms with E-state index in [1.54, 1.807) is 0 Å². The smallest absolute Gasteiger partial charge is 0.146 e. The first-order valence-electron chi connectivity index (χ1n) is 8.66. The number of carbonyl (C=O) groups is 1. The molecule has 0 amide bonds. The third-order valence-corrected chi connectivity index (χ3v) is 3.71. The fourth-order valence-corrected chi connectivity index (χ4v) is 2.25. The van der Waals surface area contributed by atoms with Crippen LogP contribution in [0.4, 0.5) is 0 Å². The van der Waals surface area contributed by atoms with Gasteiger partial charge in [0.25, 0.3) is 0 Å². The second kappa shape index (κ2) is 12.5. The predicted molar refractivity (Wildman–Crippen MR) is 102 cm³/mol. The number of hydrogen-bond donors (Lipinski definition) is 0. The van der Waals surface area contributed by atoms with E-state index in [1.165, 1.54) is 16.7 Å². The second-order valence-corrected chi connectivity index (χ2v) is 6.30. The van der Waals surface area contributed by atoms with E-state index in [-0.39, 0.29) is 0 Å². The molecule has 0 aromatic heterocycles. The van der Waals surface area contributed by atoms with Crippen LogP contribution in [0.5, 0.6) is 0 Å². The zero-order valence-corrected chi connectivity index (χ0v) is 15.3. The Balaban J connectivity index is 2.28. The van der Waals surface area contributed by atoms with Gasteiger partial charge in [0.1, 0.15) is 6.29 Å². The number of aldehydes is 1. The van der Waals surface area contributed by atoms with Gasteiger partial charge in [0.15, 0.2) is 0 Å². The highest BCUT2D eigenvalue weighted by Gasteiger charge is 1.96. The molecule has 24 heavy (non-hydrogen) atoms. The van der Waals surface area contributed by atoms with Crippen molar-refractivity contribution < 1.29 is 9.53 Å². The number of ether oxygens (including phenoxy) is 1. The summed E-state index contributed by atoms with van der Waals surface area (Å²) in [6, 6.07) is 10.1. The molecule has 0 aliphatic carbocycles. The van der Waals surface area contributed by atoms with Crippen LogP contribution in [0, 0.1) is 0 Å². The number of benzene rings is 1. The van der Waals surface area contributed by atoms with Gasteiger partial charge in [-0.3, -0.25) is 4.79 Å². The molecule has 0 atom stereocenters. The molecule has 0 fully saturated rings. The van der Waals surface area contributed by atoms with Crippen molar-refractivity contribution in [3.05, 3.63) is 70.8 Å². The van der Waals surface area contributed by atoms with Gasteiger partial charge < -0.3 is 4.74 Å². The normalized spacial score (nSPS) is 12.1. The number of carbonyl (C=O) groups excluding carboxylic acids is 1. The fraction of sp³-hybridized carbons (Fsp3) is 0.409. The van der Waals surface area contributed by atoms with Gasteiger partial charge in [-0.05, 0) is 57.6 Å². The van der Waals surface area contributed by atoms with Gasteiger partial charge in [-0.2, -0.15) is 0 Å². The Hall–Kier alpha value is -1.93. The third-order valence-electron chi connectivity index (χ3n) is 3.71. The van der Waals surface area contributed by atoms with Crippen LogP contribution in [-0.2, 0) is 16.1 Å². The highest BCUT2D eigenvalue weighted by atomic mass is 16.5. The second-order valence-electron chi connectivity index (χ2n) is 6.30. The van der Waals surface area contributed by atoms with Crippen LogP contribution < -0.4 is 0 Å². The molecule has 0 saturated carbocycles. The Morgan fingerprint density at radius 3 is 2.42 bits per heavy atom. The first kappa shape index (κ1) is 20.1. The van der Waals surface area contributed by atoms with E-state index >= 15 is 0 Å². The molecule has 1 aromatic rings. The van der Waals surface area contributed by atoms with Crippen molar-refractivity contribution in [1.82, 2.24) is 0 Å². The van der Waals surface area contributed by atoms with Gasteiger partial charge >= 0.3 is 0 Å². The number of hydrogen-bond acceptors (Lipinski definition) is 2. The highest BCUT2D eigenvalue weighted by molar-refractivity contribution is 5.73. The predicted octanol–water partition coefficient (Wildman–Crippen LogP) is 5.80. The van der Waals surface area contributed by atoms with E-state index in [9.17, 15) is 4.79 Å². The molecule has 0 unspecified atom stereocenters. The molecular formula is C22H30O2. The van der Waals surface area contributed by atoms with E-state index < -0.39 is 0 Å². The molecule has 1 rings (SSSR count). The third kappa shape index (κ3) is 9.96. The van der Waals surface area contributed by atoms with E-state index in [1.807, 2.05) is 24.3 Å². The Morgan fingerprint density at radius 2 is 1.75 bits per heavy atom. The monoisotopic (exact) mass is 326 g/mol. The topological polar surface area (TPSA) is 26.3 Å². The van der Waals surface area contributed by atoms with Crippen LogP contribution in [-0.4, -0.2) is 12.9 Å². The Morgan fingerprint density at radius 1 is 1.00 bits per heavy atom. The minimum Gasteiger partial charge on any atom is -0.376 e. The van der Waals surface area contributed by atoms with E-state index in [0.717, 1.165) is 31.1 Å². The maximum atomic E-state index is 11.2. The van der Waals surface area contributed by atoms with Gasteiger partial charge in [-0.1, -0.05) is 59.7 Å². The first-order valence-corrected chi connectivity index (χ1v) is 8.66. The average molecular weight is 326 g/mol. The molecule has 0 heterocycles. The average Bonchev–Trinajstić information content (AvgIpc) is 2.58. The summed E-state index contributed by atoms with van der Waals surface area (Å²) in [5, 5.41) is 0. The summed E-state index contributed by atoms with van der Waals surface area (Å²) in [5.41, 5.74) is 4.69. The van der Waals surface area contributed by atoms with Crippen LogP contribution >= 0.6 is 0 Å². The van der Waals surface area contributed by atoms with Gasteiger partial charge in [-0.15, -0.1) is 0 Å². The minimum absolute atomic E-state index is 0.620. The van der Waals surface area contributed by atoms with Crippen molar-refractivity contribution in [3.8, 4) is 0 Å². The molecular weight excluding hydrogens is 296 g/mol. The molecule has 0 aliphatic rings. The lowest BCUT2D eigenvalue weighted by Crippen LogP contribution is -1.95. The molecule has 0 spiro atoms. The summed E-state index contributed by atoms with van der Waals surface area (Å²) in [5.74, 6) is 0. The maximum absolute atomic E-state index is 11.2. The summed E-state index contributed by atoms with van der Waals surface area (Å²) in [7, 11) is 0. The lowest BCUT2D eigenvalue weighted by molar-refractivity contribution is -0.105. The summed E-state index contributed by atoms with van der Waals surface area (Å²) in [6.07, 6.45) is 10.9. The summed E-state index contributed by atoms with van der Waals surface area (Å²) >= 11 is 0. The van der Waals surface area contributed by atoms with Crippen molar-refractivity contribution >= 4 is 6.29 Å². The molecule has 0 saturated heterocycles. The van der Waals surface area contributed by atoms with Crippen LogP contribution in [0.2, 0.25) is 0 Å². The summed E-state index contributed by atoms with van der Waals surface area (Å²) in [6.45, 7) is 7.62. The largest absolute Gasteiger partial charge is 0.376 e. The van der Waals surface area contributed by atoms with Gasteiger partial charge in [0.05, 0.1) is 13.2 Å². The van der Waals surface area contributed by atoms with Crippen molar-refractivity contribution in [2.75, 3.05) is 6.61 Å². The molecule has 0 radical (unpaired) electrons. The molecule has 2 nitrogen and oxygen atoms in total. The maximum Gasteiger partial charge on any atom is 0.146 e. The molecule has 1 aromatic carbocycles. The Labute approximate surface area is 146 Å². The molecule has 0 N–H and O–H groups in total. The SMILES string of the molecule is CC(C)=CCC/C(C)=C/C/C(C=O)=C/CCOCc1ccccc1. The van der Waals surface area contributed by atoms with E-state index in [4.69, 9.17) is 4.74 Å². The lowest BCUT2D eigenvalue weighted by Gasteiger charge is -2.03. The zero-order chi connectivity index (χ0) is 17.6. The highest BCUT2D eigenvalue weighted by Crippen LogP contribution is 2.10. The van der Waals surface area contributed by atoms with Crippen LogP contribution in [0.1, 0.15) is 52.0 Å². The standard InChI is InChI=1S/C22H30O2/c1-19(2)9-7-10-20(3)14-15-21(17-23)13-8-16-24-18-22-11-5-4-6-12-22/h4-6,9,11-14,17H,7-8,10,15-16,18H2,1-3H3/b20-14+,21-13-. The van der Waals surface area contributed by atoms with E-state index in [2.05, 4.69) is 45.1 Å². The van der Waals surface area contributed by atoms with Crippen molar-refractivity contribution in [3.63, 3.8) is 0 Å². The zero-order valence-electron chi connectivity index (χ0n) is 15.3. The fourth-order valence-electron chi connectivity index (χ4n) is 2.25. The molecule has 2 heteroatoms. The van der Waals surface area contributed by atoms with Crippen LogP contribution in [0.3, 0.4) is 0 Å². The van der Waals surface area contributed by atoms with E-state index in [0.29, 0.717) is 19.6 Å². The molecule has 0 aliphatic heterocycles.